The number of benzene rings is 1. The van der Waals surface area contributed by atoms with E-state index in [1.54, 1.807) is 0 Å². The van der Waals surface area contributed by atoms with E-state index in [0.29, 0.717) is 6.42 Å². The molecule has 0 bridgehead atoms. The van der Waals surface area contributed by atoms with E-state index >= 15 is 0 Å². The fraction of sp³-hybridized carbons (Fsp3) is 0.562. The van der Waals surface area contributed by atoms with Gasteiger partial charge in [0.1, 0.15) is 0 Å². The van der Waals surface area contributed by atoms with Crippen molar-refractivity contribution in [2.45, 2.75) is 53.4 Å². The summed E-state index contributed by atoms with van der Waals surface area (Å²) in [5, 5.41) is 0. The summed E-state index contributed by atoms with van der Waals surface area (Å²) in [4.78, 5) is 14.2. The zero-order valence-electron chi connectivity index (χ0n) is 12.1. The molecule has 2 nitrogen and oxygen atoms in total. The van der Waals surface area contributed by atoms with E-state index in [1.165, 1.54) is 11.1 Å². The molecule has 0 saturated heterocycles. The molecule has 18 heavy (non-hydrogen) atoms. The predicted molar refractivity (Wildman–Crippen MR) is 78.1 cm³/mol. The normalized spacial score (nSPS) is 10.4. The first-order chi connectivity index (χ1) is 8.60. The molecule has 0 N–H and O–H groups in total. The van der Waals surface area contributed by atoms with Crippen LogP contribution in [0.3, 0.4) is 0 Å². The third-order valence-corrected chi connectivity index (χ3v) is 3.27. The van der Waals surface area contributed by atoms with Gasteiger partial charge in [-0.15, -0.1) is 0 Å². The summed E-state index contributed by atoms with van der Waals surface area (Å²) in [5.41, 5.74) is 3.45. The van der Waals surface area contributed by atoms with Crippen LogP contribution in [-0.4, -0.2) is 12.5 Å². The van der Waals surface area contributed by atoms with E-state index < -0.39 is 0 Å². The number of hydrogen-bond acceptors (Lipinski definition) is 1. The lowest BCUT2D eigenvalue weighted by Crippen LogP contribution is -2.31. The van der Waals surface area contributed by atoms with Crippen LogP contribution in [0.2, 0.25) is 0 Å². The van der Waals surface area contributed by atoms with E-state index in [4.69, 9.17) is 0 Å². The molecule has 0 unspecified atom stereocenters. The Labute approximate surface area is 111 Å². The van der Waals surface area contributed by atoms with Crippen LogP contribution in [0.1, 0.15) is 50.7 Å². The summed E-state index contributed by atoms with van der Waals surface area (Å²) in [6.45, 7) is 9.08. The fourth-order valence-electron chi connectivity index (χ4n) is 2.15. The van der Waals surface area contributed by atoms with E-state index in [2.05, 4.69) is 39.0 Å². The molecule has 0 aliphatic carbocycles. The first kappa shape index (κ1) is 14.7. The van der Waals surface area contributed by atoms with Gasteiger partial charge in [0.25, 0.3) is 0 Å². The monoisotopic (exact) mass is 247 g/mol. The lowest BCUT2D eigenvalue weighted by molar-refractivity contribution is -0.118. The molecular weight excluding hydrogens is 222 g/mol. The lowest BCUT2D eigenvalue weighted by Gasteiger charge is -2.23. The smallest absolute Gasteiger partial charge is 0.226 e. The number of anilines is 1. The number of aryl methyl sites for hydroxylation is 2. The van der Waals surface area contributed by atoms with Crippen molar-refractivity contribution in [1.29, 1.82) is 0 Å². The molecule has 2 heteroatoms. The molecule has 0 saturated carbocycles. The summed E-state index contributed by atoms with van der Waals surface area (Å²) < 4.78 is 0. The van der Waals surface area contributed by atoms with Gasteiger partial charge >= 0.3 is 0 Å². The zero-order valence-corrected chi connectivity index (χ0v) is 12.1. The highest BCUT2D eigenvalue weighted by Gasteiger charge is 2.15. The van der Waals surface area contributed by atoms with E-state index in [9.17, 15) is 4.79 Å². The summed E-state index contributed by atoms with van der Waals surface area (Å²) >= 11 is 0. The molecule has 0 radical (unpaired) electrons. The largest absolute Gasteiger partial charge is 0.312 e. The molecule has 100 valence electrons. The van der Waals surface area contributed by atoms with Crippen molar-refractivity contribution in [3.63, 3.8) is 0 Å². The van der Waals surface area contributed by atoms with Gasteiger partial charge in [-0.1, -0.05) is 31.9 Å². The Balaban J connectivity index is 2.81. The molecule has 0 spiro atoms. The van der Waals surface area contributed by atoms with Gasteiger partial charge < -0.3 is 4.90 Å². The number of rotatable bonds is 6. The van der Waals surface area contributed by atoms with Crippen LogP contribution in [0.4, 0.5) is 5.69 Å². The Kier molecular flexibility index (Phi) is 5.90. The maximum atomic E-state index is 12.2. The number of nitrogens with zero attached hydrogens (tertiary/aromatic N) is 1. The second-order valence-electron chi connectivity index (χ2n) is 4.89. The molecule has 1 amide bonds. The number of carbonyl (C=O) groups is 1. The van der Waals surface area contributed by atoms with Crippen LogP contribution >= 0.6 is 0 Å². The minimum absolute atomic E-state index is 0.250. The predicted octanol–water partition coefficient (Wildman–Crippen LogP) is 4.24. The highest BCUT2D eigenvalue weighted by atomic mass is 16.2. The Hall–Kier alpha value is -1.31. The SMILES string of the molecule is CCCCCC(=O)N(CC)c1cc(C)ccc1C. The lowest BCUT2D eigenvalue weighted by atomic mass is 10.1. The number of amides is 1. The minimum Gasteiger partial charge on any atom is -0.312 e. The summed E-state index contributed by atoms with van der Waals surface area (Å²) in [6, 6.07) is 6.29. The number of hydrogen-bond donors (Lipinski definition) is 0. The molecule has 1 aromatic rings. The first-order valence-corrected chi connectivity index (χ1v) is 6.97. The highest BCUT2D eigenvalue weighted by Crippen LogP contribution is 2.22. The summed E-state index contributed by atoms with van der Waals surface area (Å²) in [6.07, 6.45) is 3.95. The maximum absolute atomic E-state index is 12.2. The van der Waals surface area contributed by atoms with Crippen molar-refractivity contribution in [2.75, 3.05) is 11.4 Å². The van der Waals surface area contributed by atoms with Gasteiger partial charge in [-0.05, 0) is 44.4 Å². The minimum atomic E-state index is 0.250. The first-order valence-electron chi connectivity index (χ1n) is 6.97. The second-order valence-corrected chi connectivity index (χ2v) is 4.89. The van der Waals surface area contributed by atoms with E-state index in [0.717, 1.165) is 31.5 Å². The molecule has 1 rings (SSSR count). The van der Waals surface area contributed by atoms with Crippen molar-refractivity contribution in [3.05, 3.63) is 29.3 Å². The Morgan fingerprint density at radius 3 is 2.50 bits per heavy atom. The van der Waals surface area contributed by atoms with Crippen LogP contribution in [0, 0.1) is 13.8 Å². The average Bonchev–Trinajstić information content (AvgIpc) is 2.35. The molecule has 0 aromatic heterocycles. The van der Waals surface area contributed by atoms with Gasteiger partial charge in [0.15, 0.2) is 0 Å². The van der Waals surface area contributed by atoms with Gasteiger partial charge in [0.2, 0.25) is 5.91 Å². The number of unbranched alkanes of at least 4 members (excludes halogenated alkanes) is 2. The van der Waals surface area contributed by atoms with Crippen molar-refractivity contribution in [3.8, 4) is 0 Å². The van der Waals surface area contributed by atoms with Crippen LogP contribution in [0.25, 0.3) is 0 Å². The average molecular weight is 247 g/mol. The van der Waals surface area contributed by atoms with Crippen LogP contribution < -0.4 is 4.90 Å². The maximum Gasteiger partial charge on any atom is 0.226 e. The van der Waals surface area contributed by atoms with Crippen molar-refractivity contribution in [2.24, 2.45) is 0 Å². The molecule has 1 aromatic carbocycles. The van der Waals surface area contributed by atoms with Crippen LogP contribution in [0.15, 0.2) is 18.2 Å². The van der Waals surface area contributed by atoms with Gasteiger partial charge in [0.05, 0.1) is 0 Å². The van der Waals surface area contributed by atoms with E-state index in [1.807, 2.05) is 11.8 Å². The van der Waals surface area contributed by atoms with Crippen molar-refractivity contribution >= 4 is 11.6 Å². The van der Waals surface area contributed by atoms with Crippen molar-refractivity contribution in [1.82, 2.24) is 0 Å². The molecule has 0 aliphatic heterocycles. The third kappa shape index (κ3) is 3.86. The fourth-order valence-corrected chi connectivity index (χ4v) is 2.15. The molecular formula is C16H25NO. The Morgan fingerprint density at radius 2 is 1.89 bits per heavy atom. The van der Waals surface area contributed by atoms with Gasteiger partial charge in [-0.2, -0.15) is 0 Å². The number of carbonyl (C=O) groups excluding carboxylic acids is 1. The van der Waals surface area contributed by atoms with E-state index in [-0.39, 0.29) is 5.91 Å². The van der Waals surface area contributed by atoms with Crippen molar-refractivity contribution < 1.29 is 4.79 Å². The molecule has 0 heterocycles. The van der Waals surface area contributed by atoms with Gasteiger partial charge in [-0.3, -0.25) is 4.79 Å². The summed E-state index contributed by atoms with van der Waals surface area (Å²) in [5.74, 6) is 0.250. The molecule has 0 aliphatic rings. The Morgan fingerprint density at radius 1 is 1.17 bits per heavy atom. The Bertz CT molecular complexity index is 398. The second kappa shape index (κ2) is 7.20. The quantitative estimate of drug-likeness (QED) is 0.689. The highest BCUT2D eigenvalue weighted by molar-refractivity contribution is 5.94. The van der Waals surface area contributed by atoms with Gasteiger partial charge in [0, 0.05) is 18.7 Å². The molecule has 0 fully saturated rings. The summed E-state index contributed by atoms with van der Waals surface area (Å²) in [7, 11) is 0. The van der Waals surface area contributed by atoms with Crippen LogP contribution in [0.5, 0.6) is 0 Å². The molecule has 0 atom stereocenters. The van der Waals surface area contributed by atoms with Gasteiger partial charge in [-0.25, -0.2) is 0 Å². The topological polar surface area (TPSA) is 20.3 Å². The van der Waals surface area contributed by atoms with Crippen LogP contribution in [-0.2, 0) is 4.79 Å². The third-order valence-electron chi connectivity index (χ3n) is 3.27. The zero-order chi connectivity index (χ0) is 13.5. The standard InChI is InChI=1S/C16H25NO/c1-5-7-8-9-16(18)17(6-2)15-12-13(3)10-11-14(15)4/h10-12H,5-9H2,1-4H3.